The molecule has 0 atom stereocenters. The van der Waals surface area contributed by atoms with Crippen LogP contribution in [0, 0.1) is 17.0 Å². The Kier molecular flexibility index (Phi) is 5.46. The molecule has 14 heavy (non-hydrogen) atoms. The number of carbonyl (C=O) groups is 1. The first-order valence-electron chi connectivity index (χ1n) is 3.49. The van der Waals surface area contributed by atoms with Gasteiger partial charge in [0.15, 0.2) is 0 Å². The van der Waals surface area contributed by atoms with Gasteiger partial charge in [-0.05, 0) is 18.6 Å². The average molecular weight is 219 g/mol. The molecule has 6 heteroatoms. The number of carboxylic acids is 1. The van der Waals surface area contributed by atoms with Gasteiger partial charge in [-0.15, -0.1) is 0 Å². The molecule has 0 radical (unpaired) electrons. The summed E-state index contributed by atoms with van der Waals surface area (Å²) < 4.78 is 0. The number of aromatic carboxylic acids is 1. The summed E-state index contributed by atoms with van der Waals surface area (Å²) in [6, 6.07) is 3.85. The maximum Gasteiger partial charge on any atom is 1.00 e. The third kappa shape index (κ3) is 3.14. The van der Waals surface area contributed by atoms with Crippen LogP contribution in [0.25, 0.3) is 0 Å². The van der Waals surface area contributed by atoms with Gasteiger partial charge < -0.3 is 9.90 Å². The van der Waals surface area contributed by atoms with Crippen molar-refractivity contribution in [3.63, 3.8) is 0 Å². The Hall–Kier alpha value is -0.274. The summed E-state index contributed by atoms with van der Waals surface area (Å²) in [6.45, 7) is 1.64. The molecular weight excluding hydrogens is 213 g/mol. The van der Waals surface area contributed by atoms with Crippen molar-refractivity contribution in [3.05, 3.63) is 39.4 Å². The number of carbonyl (C=O) groups excluding carboxylic acids is 1. The van der Waals surface area contributed by atoms with E-state index in [-0.39, 0.29) is 51.4 Å². The van der Waals surface area contributed by atoms with Crippen LogP contribution in [0.15, 0.2) is 18.2 Å². The summed E-state index contributed by atoms with van der Waals surface area (Å²) in [5, 5.41) is 20.8. The zero-order chi connectivity index (χ0) is 10.0. The minimum atomic E-state index is -1.54. The molecule has 0 aliphatic carbocycles. The molecule has 0 aliphatic heterocycles. The average Bonchev–Trinajstić information content (AvgIpc) is 2.03. The summed E-state index contributed by atoms with van der Waals surface area (Å²) in [5.74, 6) is -1.54. The Morgan fingerprint density at radius 1 is 1.43 bits per heavy atom. The number of carboxylic acid groups (broad SMARTS) is 1. The number of aryl methyl sites for hydroxylation is 1. The molecule has 5 nitrogen and oxygen atoms in total. The standard InChI is InChI=1S/C8H7NO4.K/c1-5-2-3-6(8(10)11)7(4-5)9(12)13;/h2-4H,1H3,(H,10,11);/q;+1/p-1. The Morgan fingerprint density at radius 3 is 2.43 bits per heavy atom. The Bertz CT molecular complexity index is 378. The SMILES string of the molecule is Cc1ccc(C(=O)[O-])c([N+](=O)[O-])c1.[K+]. The monoisotopic (exact) mass is 219 g/mol. The first-order valence-corrected chi connectivity index (χ1v) is 3.49. The summed E-state index contributed by atoms with van der Waals surface area (Å²) in [7, 11) is 0. The fourth-order valence-corrected chi connectivity index (χ4v) is 0.965. The zero-order valence-corrected chi connectivity index (χ0v) is 10.9. The van der Waals surface area contributed by atoms with E-state index in [1.807, 2.05) is 0 Å². The van der Waals surface area contributed by atoms with Crippen LogP contribution in [-0.4, -0.2) is 10.9 Å². The van der Waals surface area contributed by atoms with Crippen molar-refractivity contribution in [3.8, 4) is 0 Å². The van der Waals surface area contributed by atoms with Crippen molar-refractivity contribution in [2.24, 2.45) is 0 Å². The van der Waals surface area contributed by atoms with E-state index >= 15 is 0 Å². The first kappa shape index (κ1) is 13.7. The van der Waals surface area contributed by atoms with Gasteiger partial charge in [0, 0.05) is 6.07 Å². The van der Waals surface area contributed by atoms with E-state index in [0.717, 1.165) is 0 Å². The van der Waals surface area contributed by atoms with Crippen molar-refractivity contribution in [1.82, 2.24) is 0 Å². The number of hydrogen-bond acceptors (Lipinski definition) is 4. The molecule has 0 aromatic heterocycles. The topological polar surface area (TPSA) is 83.3 Å². The predicted octanol–water partition coefficient (Wildman–Crippen LogP) is -2.73. The van der Waals surface area contributed by atoms with Crippen molar-refractivity contribution in [2.45, 2.75) is 6.92 Å². The maximum atomic E-state index is 10.4. The van der Waals surface area contributed by atoms with Crippen LogP contribution in [0.1, 0.15) is 15.9 Å². The molecule has 0 unspecified atom stereocenters. The third-order valence-corrected chi connectivity index (χ3v) is 1.57. The Balaban J connectivity index is 0.00000169. The van der Waals surface area contributed by atoms with E-state index in [1.165, 1.54) is 18.2 Å². The summed E-state index contributed by atoms with van der Waals surface area (Å²) >= 11 is 0. The molecule has 0 heterocycles. The van der Waals surface area contributed by atoms with Gasteiger partial charge in [-0.25, -0.2) is 0 Å². The van der Waals surface area contributed by atoms with E-state index in [1.54, 1.807) is 6.92 Å². The fraction of sp³-hybridized carbons (Fsp3) is 0.125. The largest absolute Gasteiger partial charge is 1.00 e. The smallest absolute Gasteiger partial charge is 0.545 e. The molecule has 0 bridgehead atoms. The van der Waals surface area contributed by atoms with Gasteiger partial charge in [0.05, 0.1) is 16.5 Å². The number of benzene rings is 1. The van der Waals surface area contributed by atoms with Crippen LogP contribution < -0.4 is 56.5 Å². The quantitative estimate of drug-likeness (QED) is 0.307. The second-order valence-electron chi connectivity index (χ2n) is 2.57. The van der Waals surface area contributed by atoms with E-state index in [4.69, 9.17) is 0 Å². The van der Waals surface area contributed by atoms with Gasteiger partial charge in [-0.1, -0.05) is 6.07 Å². The van der Waals surface area contributed by atoms with E-state index in [9.17, 15) is 20.0 Å². The molecule has 1 aromatic rings. The second kappa shape index (κ2) is 5.57. The van der Waals surface area contributed by atoms with Gasteiger partial charge in [0.1, 0.15) is 0 Å². The fourth-order valence-electron chi connectivity index (χ4n) is 0.965. The number of nitro benzene ring substituents is 1. The Labute approximate surface area is 123 Å². The van der Waals surface area contributed by atoms with Gasteiger partial charge in [-0.3, -0.25) is 10.1 Å². The molecule has 0 aliphatic rings. The molecule has 1 rings (SSSR count). The molecule has 0 saturated carbocycles. The van der Waals surface area contributed by atoms with Crippen molar-refractivity contribution in [2.75, 3.05) is 0 Å². The number of nitro groups is 1. The Morgan fingerprint density at radius 2 is 2.00 bits per heavy atom. The van der Waals surface area contributed by atoms with Gasteiger partial charge in [0.25, 0.3) is 5.69 Å². The van der Waals surface area contributed by atoms with E-state index in [2.05, 4.69) is 0 Å². The molecule has 0 saturated heterocycles. The van der Waals surface area contributed by atoms with Crippen molar-refractivity contribution < 1.29 is 66.2 Å². The zero-order valence-electron chi connectivity index (χ0n) is 7.81. The van der Waals surface area contributed by atoms with Crippen LogP contribution in [0.3, 0.4) is 0 Å². The van der Waals surface area contributed by atoms with Crippen LogP contribution in [0.2, 0.25) is 0 Å². The summed E-state index contributed by atoms with van der Waals surface area (Å²) in [5.41, 5.74) is -0.188. The normalized spacial score (nSPS) is 8.93. The number of nitrogens with zero attached hydrogens (tertiary/aromatic N) is 1. The molecule has 0 spiro atoms. The molecule has 0 fully saturated rings. The maximum absolute atomic E-state index is 10.4. The molecule has 0 N–H and O–H groups in total. The van der Waals surface area contributed by atoms with Gasteiger partial charge in [0.2, 0.25) is 0 Å². The predicted molar refractivity (Wildman–Crippen MR) is 42.2 cm³/mol. The van der Waals surface area contributed by atoms with E-state index in [0.29, 0.717) is 5.56 Å². The van der Waals surface area contributed by atoms with Gasteiger partial charge >= 0.3 is 51.4 Å². The number of rotatable bonds is 2. The van der Waals surface area contributed by atoms with Gasteiger partial charge in [-0.2, -0.15) is 0 Å². The number of hydrogen-bond donors (Lipinski definition) is 0. The summed E-state index contributed by atoms with van der Waals surface area (Å²) in [6.07, 6.45) is 0. The molecule has 1 aromatic carbocycles. The van der Waals surface area contributed by atoms with Crippen molar-refractivity contribution in [1.29, 1.82) is 0 Å². The summed E-state index contributed by atoms with van der Waals surface area (Å²) in [4.78, 5) is 20.1. The molecule has 0 amide bonds. The van der Waals surface area contributed by atoms with Crippen LogP contribution in [-0.2, 0) is 0 Å². The molecular formula is C8H6KNO4. The van der Waals surface area contributed by atoms with Crippen molar-refractivity contribution >= 4 is 11.7 Å². The van der Waals surface area contributed by atoms with Crippen LogP contribution in [0.5, 0.6) is 0 Å². The van der Waals surface area contributed by atoms with E-state index < -0.39 is 22.1 Å². The van der Waals surface area contributed by atoms with Crippen LogP contribution in [0.4, 0.5) is 5.69 Å². The minimum Gasteiger partial charge on any atom is -0.545 e. The minimum absolute atomic E-state index is 0. The first-order chi connectivity index (χ1) is 6.02. The second-order valence-corrected chi connectivity index (χ2v) is 2.57. The third-order valence-electron chi connectivity index (χ3n) is 1.57. The molecule has 68 valence electrons. The van der Waals surface area contributed by atoms with Crippen LogP contribution >= 0.6 is 0 Å².